The van der Waals surface area contributed by atoms with Crippen molar-refractivity contribution in [1.82, 2.24) is 9.62 Å². The van der Waals surface area contributed by atoms with Crippen molar-refractivity contribution in [3.05, 3.63) is 64.7 Å². The third-order valence-corrected chi connectivity index (χ3v) is 8.24. The number of carbonyl (C=O) groups is 4. The number of benzene rings is 2. The van der Waals surface area contributed by atoms with E-state index in [0.717, 1.165) is 27.0 Å². The van der Waals surface area contributed by atoms with Gasteiger partial charge in [-0.2, -0.15) is 0 Å². The van der Waals surface area contributed by atoms with Gasteiger partial charge in [0.25, 0.3) is 11.8 Å². The number of hydrogen-bond acceptors (Lipinski definition) is 6. The molecule has 0 aliphatic carbocycles. The van der Waals surface area contributed by atoms with Gasteiger partial charge in [-0.15, -0.1) is 0 Å². The summed E-state index contributed by atoms with van der Waals surface area (Å²) in [6.07, 6.45) is 0.436. The van der Waals surface area contributed by atoms with Crippen LogP contribution in [0.4, 0.5) is 0 Å². The Morgan fingerprint density at radius 2 is 1.39 bits per heavy atom. The molecule has 0 spiro atoms. The molecule has 0 saturated carbocycles. The number of carboxylic acids is 2. The van der Waals surface area contributed by atoms with Gasteiger partial charge in [-0.1, -0.05) is 45.9 Å². The Labute approximate surface area is 232 Å². The highest BCUT2D eigenvalue weighted by Gasteiger charge is 2.35. The van der Waals surface area contributed by atoms with Crippen LogP contribution in [-0.2, 0) is 9.59 Å². The van der Waals surface area contributed by atoms with Gasteiger partial charge in [-0.25, -0.2) is 9.59 Å². The maximum Gasteiger partial charge on any atom is 0.327 e. The minimum atomic E-state index is -1.16. The van der Waals surface area contributed by atoms with E-state index in [4.69, 9.17) is 0 Å². The van der Waals surface area contributed by atoms with Gasteiger partial charge < -0.3 is 15.5 Å². The van der Waals surface area contributed by atoms with Gasteiger partial charge >= 0.3 is 11.9 Å². The Morgan fingerprint density at radius 1 is 0.842 bits per heavy atom. The predicted molar refractivity (Wildman–Crippen MR) is 151 cm³/mol. The van der Waals surface area contributed by atoms with E-state index in [0.29, 0.717) is 0 Å². The summed E-state index contributed by atoms with van der Waals surface area (Å²) in [5, 5.41) is 22.2. The molecule has 0 bridgehead atoms. The first kappa shape index (κ1) is 31.2. The van der Waals surface area contributed by atoms with Gasteiger partial charge in [0, 0.05) is 15.9 Å². The first-order chi connectivity index (χ1) is 17.8. The predicted octanol–water partition coefficient (Wildman–Crippen LogP) is 5.83. The van der Waals surface area contributed by atoms with Crippen molar-refractivity contribution in [2.75, 3.05) is 0 Å². The van der Waals surface area contributed by atoms with Crippen molar-refractivity contribution in [3.8, 4) is 0 Å². The van der Waals surface area contributed by atoms with Gasteiger partial charge in [-0.3, -0.25) is 13.9 Å². The average Bonchev–Trinajstić information content (AvgIpc) is 2.84. The summed E-state index contributed by atoms with van der Waals surface area (Å²) in [7, 11) is 2.25. The van der Waals surface area contributed by atoms with Crippen molar-refractivity contribution < 1.29 is 29.4 Å². The molecule has 206 valence electrons. The van der Waals surface area contributed by atoms with Crippen LogP contribution in [0.2, 0.25) is 0 Å². The Bertz CT molecular complexity index is 1150. The number of carboxylic acid groups (broad SMARTS) is 2. The number of carbonyl (C=O) groups excluding carboxylic acids is 2. The zero-order valence-electron chi connectivity index (χ0n) is 22.6. The summed E-state index contributed by atoms with van der Waals surface area (Å²) >= 11 is 0. The van der Waals surface area contributed by atoms with E-state index < -0.39 is 35.8 Å². The molecule has 3 N–H and O–H groups in total. The lowest BCUT2D eigenvalue weighted by molar-refractivity contribution is -0.141. The highest BCUT2D eigenvalue weighted by Crippen LogP contribution is 2.38. The second kappa shape index (κ2) is 14.2. The maximum atomic E-state index is 14.0. The van der Waals surface area contributed by atoms with Gasteiger partial charge in [-0.05, 0) is 84.7 Å². The van der Waals surface area contributed by atoms with Crippen LogP contribution in [-0.4, -0.2) is 50.4 Å². The summed E-state index contributed by atoms with van der Waals surface area (Å²) in [6, 6.07) is 10.1. The van der Waals surface area contributed by atoms with Crippen molar-refractivity contribution in [1.29, 1.82) is 0 Å². The van der Waals surface area contributed by atoms with Crippen LogP contribution in [0.5, 0.6) is 0 Å². The molecule has 2 aromatic rings. The molecule has 0 aromatic heterocycles. The number of aryl methyl sites for hydroxylation is 2. The highest BCUT2D eigenvalue weighted by atomic mass is 33.1. The molecule has 2 amide bonds. The molecule has 0 radical (unpaired) electrons. The number of amides is 2. The molecule has 2 aromatic carbocycles. The highest BCUT2D eigenvalue weighted by molar-refractivity contribution is 8.76. The average molecular weight is 561 g/mol. The first-order valence-corrected chi connectivity index (χ1v) is 14.5. The van der Waals surface area contributed by atoms with Gasteiger partial charge in [0.05, 0.1) is 11.1 Å². The monoisotopic (exact) mass is 560 g/mol. The zero-order chi connectivity index (χ0) is 28.6. The molecular weight excluding hydrogens is 524 g/mol. The molecule has 2 rings (SSSR count). The Balaban J connectivity index is 2.54. The molecule has 0 aliphatic heterocycles. The molecular formula is C28H36N2O6S2. The summed E-state index contributed by atoms with van der Waals surface area (Å²) < 4.78 is 1.21. The molecule has 0 heterocycles. The summed E-state index contributed by atoms with van der Waals surface area (Å²) in [5.74, 6) is -3.62. The fourth-order valence-corrected chi connectivity index (χ4v) is 5.99. The van der Waals surface area contributed by atoms with Crippen molar-refractivity contribution >= 4 is 45.5 Å². The van der Waals surface area contributed by atoms with E-state index >= 15 is 0 Å². The normalized spacial score (nSPS) is 12.7. The summed E-state index contributed by atoms with van der Waals surface area (Å²) in [4.78, 5) is 52.3. The van der Waals surface area contributed by atoms with Crippen LogP contribution in [0, 0.1) is 25.7 Å². The fraction of sp³-hybridized carbons (Fsp3) is 0.429. The number of hydrogen-bond donors (Lipinski definition) is 3. The van der Waals surface area contributed by atoms with Gasteiger partial charge in [0.2, 0.25) is 0 Å². The Kier molecular flexibility index (Phi) is 11.7. The molecule has 0 saturated heterocycles. The number of nitrogens with zero attached hydrogens (tertiary/aromatic N) is 1. The molecule has 0 aliphatic rings. The van der Waals surface area contributed by atoms with Gasteiger partial charge in [0.1, 0.15) is 12.1 Å². The van der Waals surface area contributed by atoms with Crippen LogP contribution in [0.15, 0.2) is 47.4 Å². The molecule has 8 nitrogen and oxygen atoms in total. The van der Waals surface area contributed by atoms with E-state index in [1.54, 1.807) is 26.0 Å². The van der Waals surface area contributed by atoms with Crippen LogP contribution in [0.1, 0.15) is 72.4 Å². The first-order valence-electron chi connectivity index (χ1n) is 12.4. The van der Waals surface area contributed by atoms with E-state index in [1.165, 1.54) is 15.1 Å². The third kappa shape index (κ3) is 8.80. The number of rotatable bonds is 13. The molecule has 10 heteroatoms. The van der Waals surface area contributed by atoms with E-state index in [2.05, 4.69) is 5.32 Å². The maximum absolute atomic E-state index is 14.0. The van der Waals surface area contributed by atoms with Crippen LogP contribution >= 0.6 is 21.8 Å². The van der Waals surface area contributed by atoms with Crippen LogP contribution < -0.4 is 5.32 Å². The number of aliphatic carboxylic acids is 2. The zero-order valence-corrected chi connectivity index (χ0v) is 24.2. The van der Waals surface area contributed by atoms with E-state index in [1.807, 2.05) is 58.0 Å². The third-order valence-electron chi connectivity index (χ3n) is 5.84. The van der Waals surface area contributed by atoms with Crippen molar-refractivity contribution in [3.63, 3.8) is 0 Å². The minimum absolute atomic E-state index is 0.0105. The lowest BCUT2D eigenvalue weighted by Crippen LogP contribution is -2.44. The number of nitrogens with one attached hydrogen (secondary N) is 1. The lowest BCUT2D eigenvalue weighted by atomic mass is 9.96. The quantitative estimate of drug-likeness (QED) is 0.207. The van der Waals surface area contributed by atoms with E-state index in [-0.39, 0.29) is 35.8 Å². The summed E-state index contributed by atoms with van der Waals surface area (Å²) in [6.45, 7) is 11.1. The molecule has 38 heavy (non-hydrogen) atoms. The molecule has 0 fully saturated rings. The smallest absolute Gasteiger partial charge is 0.327 e. The largest absolute Gasteiger partial charge is 0.480 e. The minimum Gasteiger partial charge on any atom is -0.480 e. The standard InChI is InChI=1S/C28H36N2O6S2/c1-16(2)12-23(27(33)34)29-25(31)21-14-18(5)19(6)15-22(21)26(32)30(24(28(35)36)13-17(3)4)38-37-20-10-8-7-9-11-20/h7-11,14-17,23-24H,12-13H2,1-6H3,(H,29,31)(H,33,34)(H,35,36). The fourth-order valence-electron chi connectivity index (χ4n) is 3.76. The second-order valence-corrected chi connectivity index (χ2v) is 12.2. The summed E-state index contributed by atoms with van der Waals surface area (Å²) in [5.41, 5.74) is 1.53. The Morgan fingerprint density at radius 3 is 1.89 bits per heavy atom. The topological polar surface area (TPSA) is 124 Å². The SMILES string of the molecule is Cc1cc(C(=O)NC(CC(C)C)C(=O)O)c(C(=O)N(SSc2ccccc2)C(CC(C)C)C(=O)O)cc1C. The van der Waals surface area contributed by atoms with Crippen molar-refractivity contribution in [2.45, 2.75) is 71.4 Å². The van der Waals surface area contributed by atoms with Crippen LogP contribution in [0.3, 0.4) is 0 Å². The lowest BCUT2D eigenvalue weighted by Gasteiger charge is -2.29. The second-order valence-electron chi connectivity index (χ2n) is 10.1. The van der Waals surface area contributed by atoms with Crippen molar-refractivity contribution in [2.24, 2.45) is 11.8 Å². The van der Waals surface area contributed by atoms with Gasteiger partial charge in [0.15, 0.2) is 0 Å². The van der Waals surface area contributed by atoms with E-state index in [9.17, 15) is 29.4 Å². The molecule has 2 atom stereocenters. The molecule has 2 unspecified atom stereocenters. The van der Waals surface area contributed by atoms with Crippen LogP contribution in [0.25, 0.3) is 0 Å². The Hall–Kier alpha value is -2.98.